The fourth-order valence-electron chi connectivity index (χ4n) is 4.57. The smallest absolute Gasteiger partial charge is 0.380 e. The zero-order chi connectivity index (χ0) is 26.2. The lowest BCUT2D eigenvalue weighted by Gasteiger charge is -2.44. The number of hydrogen-bond donors (Lipinski definition) is 1. The van der Waals surface area contributed by atoms with Crippen molar-refractivity contribution in [2.75, 3.05) is 5.75 Å². The predicted molar refractivity (Wildman–Crippen MR) is 148 cm³/mol. The van der Waals surface area contributed by atoms with E-state index in [2.05, 4.69) is 5.48 Å². The second kappa shape index (κ2) is 10.4. The van der Waals surface area contributed by atoms with Gasteiger partial charge in [-0.15, -0.1) is 23.4 Å². The van der Waals surface area contributed by atoms with E-state index in [0.29, 0.717) is 28.5 Å². The number of fused-ring (bicyclic) bond motifs is 4. The van der Waals surface area contributed by atoms with Crippen LogP contribution in [0, 0.1) is 0 Å². The summed E-state index contributed by atoms with van der Waals surface area (Å²) in [6.07, 6.45) is 0.437. The third-order valence-corrected chi connectivity index (χ3v) is 9.18. The average Bonchev–Trinajstić information content (AvgIpc) is 3.30. The van der Waals surface area contributed by atoms with Gasteiger partial charge in [-0.25, -0.2) is 4.79 Å². The summed E-state index contributed by atoms with van der Waals surface area (Å²) < 4.78 is 6.14. The van der Waals surface area contributed by atoms with E-state index in [1.54, 1.807) is 11.8 Å². The van der Waals surface area contributed by atoms with Gasteiger partial charge in [-0.3, -0.25) is 14.5 Å². The fraction of sp³-hybridized carbons (Fsp3) is 0.179. The van der Waals surface area contributed by atoms with Gasteiger partial charge in [0, 0.05) is 31.9 Å². The number of para-hydroxylation sites is 1. The first-order valence-corrected chi connectivity index (χ1v) is 14.3. The van der Waals surface area contributed by atoms with Gasteiger partial charge >= 0.3 is 5.97 Å². The van der Waals surface area contributed by atoms with Gasteiger partial charge in [0.25, 0.3) is 5.91 Å². The van der Waals surface area contributed by atoms with Crippen LogP contribution in [0.2, 0.25) is 0 Å². The molecule has 0 spiro atoms. The first-order chi connectivity index (χ1) is 18.5. The Hall–Kier alpha value is -3.40. The third-order valence-electron chi connectivity index (χ3n) is 6.41. The molecule has 7 nitrogen and oxygen atoms in total. The van der Waals surface area contributed by atoms with Crippen molar-refractivity contribution in [3.05, 3.63) is 88.5 Å². The number of halogens is 1. The third kappa shape index (κ3) is 4.66. The van der Waals surface area contributed by atoms with Crippen molar-refractivity contribution in [1.82, 2.24) is 10.4 Å². The molecule has 4 aromatic rings. The van der Waals surface area contributed by atoms with E-state index in [-0.39, 0.29) is 23.4 Å². The lowest BCUT2D eigenvalue weighted by molar-refractivity contribution is -0.158. The summed E-state index contributed by atoms with van der Waals surface area (Å²) in [6, 6.07) is 20.9. The largest absolute Gasteiger partial charge is 0.456 e. The van der Waals surface area contributed by atoms with Crippen molar-refractivity contribution in [3.8, 4) is 0 Å². The number of benzene rings is 3. The number of furan rings is 1. The molecule has 0 unspecified atom stereocenters. The lowest BCUT2D eigenvalue weighted by atomic mass is 10.1. The molecule has 0 bridgehead atoms. The van der Waals surface area contributed by atoms with E-state index < -0.39 is 11.9 Å². The van der Waals surface area contributed by atoms with Crippen LogP contribution in [0.5, 0.6) is 0 Å². The Morgan fingerprint density at radius 1 is 1.11 bits per heavy atom. The number of carbonyl (C=O) groups is 3. The van der Waals surface area contributed by atoms with Crippen LogP contribution in [0.4, 0.5) is 0 Å². The SMILES string of the molecule is O=C(Cc1ccccc1)NOC(=O)C1=C(Sc2ccc3c(c2)oc2c(CCl)cccc23)CS[C@H]2CC(=O)N12. The number of hydroxylamine groups is 1. The molecule has 1 saturated heterocycles. The van der Waals surface area contributed by atoms with Crippen LogP contribution >= 0.6 is 35.1 Å². The molecule has 6 rings (SSSR count). The molecule has 0 saturated carbocycles. The predicted octanol–water partition coefficient (Wildman–Crippen LogP) is 5.75. The van der Waals surface area contributed by atoms with Crippen LogP contribution in [-0.2, 0) is 31.5 Å². The second-order valence-electron chi connectivity index (χ2n) is 8.87. The first kappa shape index (κ1) is 24.9. The van der Waals surface area contributed by atoms with Gasteiger partial charge in [-0.2, -0.15) is 5.48 Å². The van der Waals surface area contributed by atoms with Crippen molar-refractivity contribution in [1.29, 1.82) is 0 Å². The Bertz CT molecular complexity index is 1620. The number of hydrogen-bond acceptors (Lipinski definition) is 7. The number of nitrogens with zero attached hydrogens (tertiary/aromatic N) is 1. The molecule has 1 N–H and O–H groups in total. The average molecular weight is 565 g/mol. The van der Waals surface area contributed by atoms with Crippen LogP contribution in [-0.4, -0.2) is 33.8 Å². The quantitative estimate of drug-likeness (QED) is 0.181. The van der Waals surface area contributed by atoms with Crippen LogP contribution in [0.15, 0.2) is 86.6 Å². The molecule has 10 heteroatoms. The van der Waals surface area contributed by atoms with Crippen molar-refractivity contribution in [3.63, 3.8) is 0 Å². The first-order valence-electron chi connectivity index (χ1n) is 11.9. The van der Waals surface area contributed by atoms with Crippen LogP contribution < -0.4 is 5.48 Å². The minimum Gasteiger partial charge on any atom is -0.456 e. The molecular weight excluding hydrogens is 544 g/mol. The minimum atomic E-state index is -0.760. The Kier molecular flexibility index (Phi) is 6.82. The molecule has 2 amide bonds. The van der Waals surface area contributed by atoms with Gasteiger partial charge in [0.2, 0.25) is 5.91 Å². The maximum atomic E-state index is 13.1. The van der Waals surface area contributed by atoms with Gasteiger partial charge in [0.1, 0.15) is 16.9 Å². The van der Waals surface area contributed by atoms with Gasteiger partial charge in [0.15, 0.2) is 0 Å². The molecule has 3 heterocycles. The number of rotatable bonds is 6. The zero-order valence-electron chi connectivity index (χ0n) is 19.9. The van der Waals surface area contributed by atoms with Crippen molar-refractivity contribution in [2.24, 2.45) is 0 Å². The molecule has 192 valence electrons. The summed E-state index contributed by atoms with van der Waals surface area (Å²) in [5.74, 6) is -0.479. The minimum absolute atomic E-state index is 0.0683. The Labute approximate surface area is 231 Å². The fourth-order valence-corrected chi connectivity index (χ4v) is 7.20. The Morgan fingerprint density at radius 3 is 2.74 bits per heavy atom. The number of alkyl halides is 1. The van der Waals surface area contributed by atoms with E-state index in [0.717, 1.165) is 32.4 Å². The van der Waals surface area contributed by atoms with Crippen LogP contribution in [0.1, 0.15) is 17.5 Å². The molecule has 2 aliphatic rings. The monoisotopic (exact) mass is 564 g/mol. The van der Waals surface area contributed by atoms with Crippen molar-refractivity contribution >= 4 is 74.8 Å². The number of β-lactam (4-membered cyclic amide) rings is 1. The summed E-state index contributed by atoms with van der Waals surface area (Å²) in [5.41, 5.74) is 5.59. The number of thioether (sulfide) groups is 2. The Balaban J connectivity index is 1.26. The van der Waals surface area contributed by atoms with Gasteiger partial charge < -0.3 is 9.25 Å². The number of amides is 2. The van der Waals surface area contributed by atoms with Gasteiger partial charge in [0.05, 0.1) is 24.1 Å². The highest BCUT2D eigenvalue weighted by molar-refractivity contribution is 8.06. The summed E-state index contributed by atoms with van der Waals surface area (Å²) in [7, 11) is 0. The molecule has 1 fully saturated rings. The van der Waals surface area contributed by atoms with E-state index in [4.69, 9.17) is 20.9 Å². The summed E-state index contributed by atoms with van der Waals surface area (Å²) in [6.45, 7) is 0. The lowest BCUT2D eigenvalue weighted by Crippen LogP contribution is -2.54. The normalized spacial score (nSPS) is 16.9. The highest BCUT2D eigenvalue weighted by Crippen LogP contribution is 2.46. The molecule has 0 radical (unpaired) electrons. The molecular formula is C28H21ClN2O5S2. The van der Waals surface area contributed by atoms with Gasteiger partial charge in [-0.05, 0) is 23.8 Å². The summed E-state index contributed by atoms with van der Waals surface area (Å²) >= 11 is 9.07. The molecule has 38 heavy (non-hydrogen) atoms. The maximum absolute atomic E-state index is 13.1. The number of carbonyl (C=O) groups excluding carboxylic acids is 3. The van der Waals surface area contributed by atoms with E-state index >= 15 is 0 Å². The molecule has 2 aliphatic heterocycles. The molecule has 3 aromatic carbocycles. The van der Waals surface area contributed by atoms with Crippen molar-refractivity contribution < 1.29 is 23.6 Å². The van der Waals surface area contributed by atoms with Crippen LogP contribution in [0.25, 0.3) is 21.9 Å². The summed E-state index contributed by atoms with van der Waals surface area (Å²) in [5, 5.41) is 1.86. The highest BCUT2D eigenvalue weighted by atomic mass is 35.5. The number of nitrogens with one attached hydrogen (secondary N) is 1. The maximum Gasteiger partial charge on any atom is 0.380 e. The standard InChI is InChI=1S/C28H21ClN2O5S2/c29-14-17-7-4-8-20-19-10-9-18(12-21(19)35-27(17)20)38-22-15-37-25-13-24(33)31(25)26(22)28(34)36-30-23(32)11-16-5-2-1-3-6-16/h1-10,12,25H,11,13-15H2,(H,30,32)/t25-/m0/s1. The molecule has 0 aliphatic carbocycles. The van der Waals surface area contributed by atoms with E-state index in [1.165, 1.54) is 16.7 Å². The van der Waals surface area contributed by atoms with Crippen molar-refractivity contribution in [2.45, 2.75) is 29.0 Å². The molecule has 1 aromatic heterocycles. The van der Waals surface area contributed by atoms with E-state index in [1.807, 2.05) is 66.7 Å². The van der Waals surface area contributed by atoms with Crippen LogP contribution in [0.3, 0.4) is 0 Å². The zero-order valence-corrected chi connectivity index (χ0v) is 22.3. The summed E-state index contributed by atoms with van der Waals surface area (Å²) in [4.78, 5) is 46.1. The van der Waals surface area contributed by atoms with Gasteiger partial charge in [-0.1, -0.05) is 60.3 Å². The topological polar surface area (TPSA) is 88.8 Å². The van der Waals surface area contributed by atoms with E-state index in [9.17, 15) is 14.4 Å². The highest BCUT2D eigenvalue weighted by Gasteiger charge is 2.46. The Morgan fingerprint density at radius 2 is 1.95 bits per heavy atom. The molecule has 1 atom stereocenters. The second-order valence-corrected chi connectivity index (χ2v) is 11.5.